The van der Waals surface area contributed by atoms with E-state index in [4.69, 9.17) is 5.73 Å². The van der Waals surface area contributed by atoms with Crippen LogP contribution in [0, 0.1) is 11.8 Å². The van der Waals surface area contributed by atoms with Gasteiger partial charge in [-0.05, 0) is 38.0 Å². The molecule has 2 rings (SSSR count). The molecule has 2 N–H and O–H groups in total. The first-order valence-corrected chi connectivity index (χ1v) is 8.19. The molecule has 4 atom stereocenters. The molecule has 0 radical (unpaired) electrons. The zero-order valence-electron chi connectivity index (χ0n) is 11.4. The molecule has 0 bridgehead atoms. The average molecular weight is 290 g/mol. The SMILES string of the molecule is COC(=O)C(C)S(=O)(=O)N1C[C@H]2CCC(N)C[C@H]2C1. The molecular weight excluding hydrogens is 268 g/mol. The number of ether oxygens (including phenoxy) is 1. The first-order valence-electron chi connectivity index (χ1n) is 6.68. The van der Waals surface area contributed by atoms with Gasteiger partial charge in [-0.3, -0.25) is 4.79 Å². The van der Waals surface area contributed by atoms with Crippen LogP contribution in [0.1, 0.15) is 26.2 Å². The zero-order chi connectivity index (χ0) is 14.2. The van der Waals surface area contributed by atoms with Crippen LogP contribution in [0.15, 0.2) is 0 Å². The van der Waals surface area contributed by atoms with Crippen molar-refractivity contribution in [1.29, 1.82) is 0 Å². The second kappa shape index (κ2) is 5.38. The number of fused-ring (bicyclic) bond motifs is 1. The molecular formula is C12H22N2O4S. The molecule has 6 nitrogen and oxygen atoms in total. The molecule has 0 aromatic rings. The summed E-state index contributed by atoms with van der Waals surface area (Å²) in [5.74, 6) is 0.0226. The first-order chi connectivity index (χ1) is 8.86. The van der Waals surface area contributed by atoms with Gasteiger partial charge in [-0.2, -0.15) is 0 Å². The van der Waals surface area contributed by atoms with Crippen molar-refractivity contribution in [3.8, 4) is 0 Å². The molecule has 1 aliphatic carbocycles. The van der Waals surface area contributed by atoms with E-state index in [1.807, 2.05) is 0 Å². The smallest absolute Gasteiger partial charge is 0.325 e. The second-order valence-corrected chi connectivity index (χ2v) is 7.87. The van der Waals surface area contributed by atoms with E-state index in [1.54, 1.807) is 0 Å². The summed E-state index contributed by atoms with van der Waals surface area (Å²) in [6.45, 7) is 2.39. The van der Waals surface area contributed by atoms with E-state index in [-0.39, 0.29) is 6.04 Å². The fourth-order valence-electron chi connectivity index (χ4n) is 3.14. The fraction of sp³-hybridized carbons (Fsp3) is 0.917. The van der Waals surface area contributed by atoms with E-state index in [1.165, 1.54) is 18.3 Å². The largest absolute Gasteiger partial charge is 0.468 e. The molecule has 2 aliphatic rings. The Bertz CT molecular complexity index is 451. The maximum atomic E-state index is 12.4. The van der Waals surface area contributed by atoms with E-state index in [9.17, 15) is 13.2 Å². The maximum Gasteiger partial charge on any atom is 0.325 e. The van der Waals surface area contributed by atoms with Gasteiger partial charge in [-0.15, -0.1) is 0 Å². The number of rotatable bonds is 3. The number of sulfonamides is 1. The molecule has 0 amide bonds. The molecule has 1 saturated carbocycles. The van der Waals surface area contributed by atoms with E-state index in [0.29, 0.717) is 24.9 Å². The Morgan fingerprint density at radius 3 is 2.58 bits per heavy atom. The molecule has 1 saturated heterocycles. The minimum Gasteiger partial charge on any atom is -0.468 e. The lowest BCUT2D eigenvalue weighted by atomic mass is 9.79. The summed E-state index contributed by atoms with van der Waals surface area (Å²) in [5.41, 5.74) is 5.93. The summed E-state index contributed by atoms with van der Waals surface area (Å²) in [6.07, 6.45) is 2.81. The van der Waals surface area contributed by atoms with Gasteiger partial charge in [0.15, 0.2) is 5.25 Å². The molecule has 1 aliphatic heterocycles. The maximum absolute atomic E-state index is 12.4. The number of esters is 1. The molecule has 2 fully saturated rings. The predicted molar refractivity (Wildman–Crippen MR) is 70.8 cm³/mol. The van der Waals surface area contributed by atoms with Crippen LogP contribution in [0.5, 0.6) is 0 Å². The highest BCUT2D eigenvalue weighted by Gasteiger charge is 2.44. The first kappa shape index (κ1) is 14.7. The van der Waals surface area contributed by atoms with Gasteiger partial charge in [0.2, 0.25) is 10.0 Å². The van der Waals surface area contributed by atoms with Crippen molar-refractivity contribution in [2.75, 3.05) is 20.2 Å². The highest BCUT2D eigenvalue weighted by Crippen LogP contribution is 2.37. The third-order valence-electron chi connectivity index (χ3n) is 4.40. The van der Waals surface area contributed by atoms with Gasteiger partial charge in [0.25, 0.3) is 0 Å². The molecule has 110 valence electrons. The Morgan fingerprint density at radius 2 is 1.95 bits per heavy atom. The lowest BCUT2D eigenvalue weighted by Gasteiger charge is -2.28. The van der Waals surface area contributed by atoms with Crippen LogP contribution >= 0.6 is 0 Å². The highest BCUT2D eigenvalue weighted by atomic mass is 32.2. The van der Waals surface area contributed by atoms with E-state index < -0.39 is 21.2 Å². The van der Waals surface area contributed by atoms with Gasteiger partial charge < -0.3 is 10.5 Å². The van der Waals surface area contributed by atoms with E-state index in [2.05, 4.69) is 4.74 Å². The van der Waals surface area contributed by atoms with Crippen molar-refractivity contribution in [2.45, 2.75) is 37.5 Å². The van der Waals surface area contributed by atoms with Gasteiger partial charge in [-0.25, -0.2) is 12.7 Å². The van der Waals surface area contributed by atoms with Gasteiger partial charge >= 0.3 is 5.97 Å². The number of nitrogens with zero attached hydrogens (tertiary/aromatic N) is 1. The number of hydrogen-bond donors (Lipinski definition) is 1. The predicted octanol–water partition coefficient (Wildman–Crippen LogP) is -0.0631. The van der Waals surface area contributed by atoms with Gasteiger partial charge in [0, 0.05) is 19.1 Å². The van der Waals surface area contributed by atoms with Gasteiger partial charge in [0.05, 0.1) is 7.11 Å². The van der Waals surface area contributed by atoms with Gasteiger partial charge in [-0.1, -0.05) is 0 Å². The van der Waals surface area contributed by atoms with Crippen molar-refractivity contribution >= 4 is 16.0 Å². The van der Waals surface area contributed by atoms with Crippen LogP contribution in [-0.2, 0) is 19.6 Å². The number of nitrogens with two attached hydrogens (primary N) is 1. The van der Waals surface area contributed by atoms with Crippen LogP contribution in [0.2, 0.25) is 0 Å². The average Bonchev–Trinajstić information content (AvgIpc) is 2.80. The molecule has 0 aromatic carbocycles. The third-order valence-corrected chi connectivity index (χ3v) is 6.50. The van der Waals surface area contributed by atoms with Crippen LogP contribution in [0.3, 0.4) is 0 Å². The minimum atomic E-state index is -3.61. The zero-order valence-corrected chi connectivity index (χ0v) is 12.2. The Hall–Kier alpha value is -0.660. The quantitative estimate of drug-likeness (QED) is 0.735. The van der Waals surface area contributed by atoms with Crippen molar-refractivity contribution in [3.05, 3.63) is 0 Å². The fourth-order valence-corrected chi connectivity index (χ4v) is 4.73. The summed E-state index contributed by atoms with van der Waals surface area (Å²) in [7, 11) is -2.40. The highest BCUT2D eigenvalue weighted by molar-refractivity contribution is 7.90. The van der Waals surface area contributed by atoms with E-state index >= 15 is 0 Å². The summed E-state index contributed by atoms with van der Waals surface area (Å²) >= 11 is 0. The van der Waals surface area contributed by atoms with Crippen molar-refractivity contribution in [2.24, 2.45) is 17.6 Å². The lowest BCUT2D eigenvalue weighted by molar-refractivity contribution is -0.139. The Balaban J connectivity index is 2.09. The Kier molecular flexibility index (Phi) is 4.17. The normalized spacial score (nSPS) is 33.7. The molecule has 19 heavy (non-hydrogen) atoms. The molecule has 1 heterocycles. The molecule has 2 unspecified atom stereocenters. The summed E-state index contributed by atoms with van der Waals surface area (Å²) in [4.78, 5) is 11.4. The topological polar surface area (TPSA) is 89.7 Å². The van der Waals surface area contributed by atoms with Gasteiger partial charge in [0.1, 0.15) is 0 Å². The summed E-state index contributed by atoms with van der Waals surface area (Å²) < 4.78 is 30.7. The Morgan fingerprint density at radius 1 is 1.32 bits per heavy atom. The second-order valence-electron chi connectivity index (χ2n) is 5.62. The number of carbonyl (C=O) groups excluding carboxylic acids is 1. The number of carbonyl (C=O) groups is 1. The Labute approximate surface area is 114 Å². The van der Waals surface area contributed by atoms with Crippen LogP contribution in [0.4, 0.5) is 0 Å². The van der Waals surface area contributed by atoms with Crippen LogP contribution < -0.4 is 5.73 Å². The third kappa shape index (κ3) is 2.78. The summed E-state index contributed by atoms with van der Waals surface area (Å²) in [5, 5.41) is -1.13. The van der Waals surface area contributed by atoms with Crippen LogP contribution in [-0.4, -0.2) is 50.2 Å². The summed E-state index contributed by atoms with van der Waals surface area (Å²) in [6, 6.07) is 0.182. The molecule has 0 spiro atoms. The van der Waals surface area contributed by atoms with Crippen molar-refractivity contribution in [3.63, 3.8) is 0 Å². The minimum absolute atomic E-state index is 0.182. The van der Waals surface area contributed by atoms with Crippen molar-refractivity contribution in [1.82, 2.24) is 4.31 Å². The van der Waals surface area contributed by atoms with Crippen molar-refractivity contribution < 1.29 is 17.9 Å². The number of methoxy groups -OCH3 is 1. The lowest BCUT2D eigenvalue weighted by Crippen LogP contribution is -2.40. The monoisotopic (exact) mass is 290 g/mol. The number of hydrogen-bond acceptors (Lipinski definition) is 5. The molecule has 7 heteroatoms. The molecule has 0 aromatic heterocycles. The van der Waals surface area contributed by atoms with E-state index in [0.717, 1.165) is 19.3 Å². The van der Waals surface area contributed by atoms with Crippen LogP contribution in [0.25, 0.3) is 0 Å². The standard InChI is InChI=1S/C12H22N2O4S/c1-8(12(15)18-2)19(16,17)14-6-9-3-4-11(13)5-10(9)7-14/h8-11H,3-7,13H2,1-2H3/t8?,9-,10+,11?/m1/s1.